The molecule has 0 aromatic heterocycles. The maximum atomic E-state index is 12.6. The average molecular weight is 416 g/mol. The molecule has 1 atom stereocenters. The molecule has 0 radical (unpaired) electrons. The second kappa shape index (κ2) is 7.41. The number of amides is 1. The molecule has 2 aromatic carbocycles. The molecule has 7 nitrogen and oxygen atoms in total. The van der Waals surface area contributed by atoms with Crippen LogP contribution in [0.15, 0.2) is 53.4 Å². The monoisotopic (exact) mass is 416 g/mol. The SMILES string of the molecule is O=C1C(NS(=O)(=O)c2ccc(Oc3ccc(C(F)(F)F)cc3)cc2)CCN1O. The number of benzene rings is 2. The zero-order valence-corrected chi connectivity index (χ0v) is 15.0. The van der Waals surface area contributed by atoms with E-state index in [0.717, 1.165) is 24.3 Å². The summed E-state index contributed by atoms with van der Waals surface area (Å²) in [5.41, 5.74) is -0.810. The molecule has 2 N–H and O–H groups in total. The minimum absolute atomic E-state index is 0.0337. The number of carbonyl (C=O) groups is 1. The Morgan fingerprint density at radius 2 is 1.57 bits per heavy atom. The molecule has 1 aliphatic heterocycles. The quantitative estimate of drug-likeness (QED) is 0.731. The minimum atomic E-state index is -4.45. The van der Waals surface area contributed by atoms with E-state index in [0.29, 0.717) is 5.06 Å². The third-order valence-electron chi connectivity index (χ3n) is 4.03. The zero-order valence-electron chi connectivity index (χ0n) is 14.2. The van der Waals surface area contributed by atoms with Gasteiger partial charge in [-0.3, -0.25) is 10.0 Å². The highest BCUT2D eigenvalue weighted by molar-refractivity contribution is 7.89. The third-order valence-corrected chi connectivity index (χ3v) is 5.52. The van der Waals surface area contributed by atoms with Gasteiger partial charge in [-0.25, -0.2) is 13.5 Å². The Labute approximate surface area is 158 Å². The lowest BCUT2D eigenvalue weighted by Gasteiger charge is -2.12. The Hall–Kier alpha value is -2.63. The van der Waals surface area contributed by atoms with Crippen LogP contribution in [0.25, 0.3) is 0 Å². The van der Waals surface area contributed by atoms with E-state index in [4.69, 9.17) is 4.74 Å². The number of hydroxylamine groups is 2. The summed E-state index contributed by atoms with van der Waals surface area (Å²) in [5.74, 6) is -0.357. The second-order valence-corrected chi connectivity index (χ2v) is 7.73. The summed E-state index contributed by atoms with van der Waals surface area (Å²) in [5, 5.41) is 9.70. The Kier molecular flexibility index (Phi) is 5.33. The molecule has 11 heteroatoms. The Morgan fingerprint density at radius 3 is 2.04 bits per heavy atom. The molecule has 0 bridgehead atoms. The number of carbonyl (C=O) groups excluding carboxylic acids is 1. The van der Waals surface area contributed by atoms with Crippen LogP contribution in [0.1, 0.15) is 12.0 Å². The number of alkyl halides is 3. The van der Waals surface area contributed by atoms with Crippen LogP contribution >= 0.6 is 0 Å². The first-order valence-electron chi connectivity index (χ1n) is 8.04. The van der Waals surface area contributed by atoms with E-state index < -0.39 is 33.7 Å². The van der Waals surface area contributed by atoms with Crippen molar-refractivity contribution >= 4 is 15.9 Å². The van der Waals surface area contributed by atoms with E-state index in [1.807, 2.05) is 0 Å². The smallest absolute Gasteiger partial charge is 0.416 e. The van der Waals surface area contributed by atoms with Crippen LogP contribution in [0.5, 0.6) is 11.5 Å². The fourth-order valence-electron chi connectivity index (χ4n) is 2.56. The van der Waals surface area contributed by atoms with Gasteiger partial charge in [-0.05, 0) is 55.0 Å². The van der Waals surface area contributed by atoms with E-state index in [1.54, 1.807) is 0 Å². The lowest BCUT2D eigenvalue weighted by molar-refractivity contribution is -0.158. The van der Waals surface area contributed by atoms with Gasteiger partial charge < -0.3 is 4.74 Å². The van der Waals surface area contributed by atoms with E-state index in [9.17, 15) is 31.6 Å². The molecule has 1 unspecified atom stereocenters. The molecule has 0 spiro atoms. The normalized spacial score (nSPS) is 17.8. The number of nitrogens with one attached hydrogen (secondary N) is 1. The summed E-state index contributed by atoms with van der Waals surface area (Å²) >= 11 is 0. The van der Waals surface area contributed by atoms with Crippen LogP contribution in [0, 0.1) is 0 Å². The largest absolute Gasteiger partial charge is 0.457 e. The van der Waals surface area contributed by atoms with E-state index in [-0.39, 0.29) is 29.4 Å². The molecule has 150 valence electrons. The third kappa shape index (κ3) is 4.43. The van der Waals surface area contributed by atoms with Gasteiger partial charge in [0.2, 0.25) is 10.0 Å². The van der Waals surface area contributed by atoms with Gasteiger partial charge in [-0.15, -0.1) is 0 Å². The number of halogens is 3. The molecule has 0 aliphatic carbocycles. The summed E-state index contributed by atoms with van der Waals surface area (Å²) < 4.78 is 69.9. The molecule has 0 saturated carbocycles. The molecule has 1 saturated heterocycles. The van der Waals surface area contributed by atoms with Crippen LogP contribution in [0.4, 0.5) is 13.2 Å². The lowest BCUT2D eigenvalue weighted by atomic mass is 10.2. The topological polar surface area (TPSA) is 95.9 Å². The van der Waals surface area contributed by atoms with Crippen LogP contribution in [0.2, 0.25) is 0 Å². The van der Waals surface area contributed by atoms with Gasteiger partial charge in [0.15, 0.2) is 0 Å². The number of hydrogen-bond acceptors (Lipinski definition) is 5. The van der Waals surface area contributed by atoms with Crippen molar-refractivity contribution in [2.24, 2.45) is 0 Å². The van der Waals surface area contributed by atoms with Crippen molar-refractivity contribution in [2.45, 2.75) is 23.5 Å². The van der Waals surface area contributed by atoms with Crippen molar-refractivity contribution in [2.75, 3.05) is 6.54 Å². The van der Waals surface area contributed by atoms with Gasteiger partial charge in [-0.2, -0.15) is 17.9 Å². The number of nitrogens with zero attached hydrogens (tertiary/aromatic N) is 1. The van der Waals surface area contributed by atoms with Crippen molar-refractivity contribution in [3.05, 3.63) is 54.1 Å². The number of hydrogen-bond donors (Lipinski definition) is 2. The van der Waals surface area contributed by atoms with Crippen LogP contribution in [-0.4, -0.2) is 37.2 Å². The summed E-state index contributed by atoms with van der Waals surface area (Å²) in [7, 11) is -4.00. The predicted molar refractivity (Wildman–Crippen MR) is 90.2 cm³/mol. The van der Waals surface area contributed by atoms with E-state index in [1.165, 1.54) is 24.3 Å². The van der Waals surface area contributed by atoms with E-state index in [2.05, 4.69) is 4.72 Å². The van der Waals surface area contributed by atoms with Gasteiger partial charge in [0.05, 0.1) is 17.0 Å². The first-order valence-corrected chi connectivity index (χ1v) is 9.52. The summed E-state index contributed by atoms with van der Waals surface area (Å²) in [4.78, 5) is 11.5. The van der Waals surface area contributed by atoms with Crippen LogP contribution in [0.3, 0.4) is 0 Å². The summed E-state index contributed by atoms with van der Waals surface area (Å²) in [6.07, 6.45) is -4.31. The zero-order chi connectivity index (χ0) is 20.5. The maximum Gasteiger partial charge on any atom is 0.416 e. The predicted octanol–water partition coefficient (Wildman–Crippen LogP) is 2.77. The maximum absolute atomic E-state index is 12.6. The highest BCUT2D eigenvalue weighted by atomic mass is 32.2. The Balaban J connectivity index is 1.68. The van der Waals surface area contributed by atoms with Gasteiger partial charge in [-0.1, -0.05) is 0 Å². The first-order chi connectivity index (χ1) is 13.1. The Morgan fingerprint density at radius 1 is 1.04 bits per heavy atom. The van der Waals surface area contributed by atoms with Gasteiger partial charge in [0, 0.05) is 0 Å². The van der Waals surface area contributed by atoms with Crippen LogP contribution in [-0.2, 0) is 21.0 Å². The molecule has 1 heterocycles. The first kappa shape index (κ1) is 20.1. The highest BCUT2D eigenvalue weighted by Crippen LogP contribution is 2.31. The fraction of sp³-hybridized carbons (Fsp3) is 0.235. The summed E-state index contributed by atoms with van der Waals surface area (Å²) in [6, 6.07) is 8.15. The van der Waals surface area contributed by atoms with Gasteiger partial charge in [0.25, 0.3) is 5.91 Å². The average Bonchev–Trinajstić information content (AvgIpc) is 2.93. The second-order valence-electron chi connectivity index (χ2n) is 6.02. The standard InChI is InChI=1S/C17H15F3N2O5S/c18-17(19,20)11-1-3-12(4-2-11)27-13-5-7-14(8-6-13)28(25,26)21-15-9-10-22(24)16(15)23/h1-8,15,21,24H,9-10H2. The summed E-state index contributed by atoms with van der Waals surface area (Å²) in [6.45, 7) is 0.0337. The molecule has 2 aromatic rings. The fourth-order valence-corrected chi connectivity index (χ4v) is 3.79. The number of sulfonamides is 1. The van der Waals surface area contributed by atoms with Gasteiger partial charge in [0.1, 0.15) is 17.5 Å². The molecule has 28 heavy (non-hydrogen) atoms. The van der Waals surface area contributed by atoms with Crippen molar-refractivity contribution in [1.82, 2.24) is 9.79 Å². The van der Waals surface area contributed by atoms with Gasteiger partial charge >= 0.3 is 6.18 Å². The molecule has 1 amide bonds. The highest BCUT2D eigenvalue weighted by Gasteiger charge is 2.34. The van der Waals surface area contributed by atoms with Crippen LogP contribution < -0.4 is 9.46 Å². The number of ether oxygens (including phenoxy) is 1. The van der Waals surface area contributed by atoms with Crippen molar-refractivity contribution in [3.8, 4) is 11.5 Å². The molecule has 3 rings (SSSR count). The molecular formula is C17H15F3N2O5S. The minimum Gasteiger partial charge on any atom is -0.457 e. The number of rotatable bonds is 5. The molecule has 1 aliphatic rings. The Bertz CT molecular complexity index is 960. The van der Waals surface area contributed by atoms with E-state index >= 15 is 0 Å². The molecule has 1 fully saturated rings. The molecular weight excluding hydrogens is 401 g/mol. The van der Waals surface area contributed by atoms with Crippen molar-refractivity contribution in [1.29, 1.82) is 0 Å². The lowest BCUT2D eigenvalue weighted by Crippen LogP contribution is -2.40. The van der Waals surface area contributed by atoms with Crippen molar-refractivity contribution < 1.29 is 36.3 Å². The van der Waals surface area contributed by atoms with Crippen molar-refractivity contribution in [3.63, 3.8) is 0 Å².